The number of carboxylic acid groups (broad SMARTS) is 1. The minimum atomic E-state index is -1.12. The molecule has 1 rings (SSSR count). The van der Waals surface area contributed by atoms with E-state index in [2.05, 4.69) is 5.32 Å². The maximum absolute atomic E-state index is 11.9. The van der Waals surface area contributed by atoms with E-state index in [1.54, 1.807) is 13.8 Å². The van der Waals surface area contributed by atoms with Gasteiger partial charge >= 0.3 is 11.9 Å². The fraction of sp³-hybridized carbons (Fsp3) is 0.800. The lowest BCUT2D eigenvalue weighted by Gasteiger charge is -2.21. The van der Waals surface area contributed by atoms with Crippen LogP contribution in [0.25, 0.3) is 0 Å². The summed E-state index contributed by atoms with van der Waals surface area (Å²) in [7, 11) is 0. The predicted molar refractivity (Wildman–Crippen MR) is 76.6 cm³/mol. The van der Waals surface area contributed by atoms with Crippen LogP contribution in [-0.2, 0) is 19.1 Å². The molecule has 6 nitrogen and oxygen atoms in total. The van der Waals surface area contributed by atoms with Crippen molar-refractivity contribution in [1.29, 1.82) is 0 Å². The molecular formula is C15H25NO5. The van der Waals surface area contributed by atoms with Crippen molar-refractivity contribution in [2.75, 3.05) is 6.61 Å². The molecule has 1 aliphatic rings. The first-order valence-corrected chi connectivity index (χ1v) is 7.61. The molecule has 1 saturated carbocycles. The van der Waals surface area contributed by atoms with Crippen LogP contribution in [-0.4, -0.2) is 35.6 Å². The summed E-state index contributed by atoms with van der Waals surface area (Å²) in [4.78, 5) is 34.6. The van der Waals surface area contributed by atoms with Crippen molar-refractivity contribution >= 4 is 17.8 Å². The van der Waals surface area contributed by atoms with Gasteiger partial charge in [-0.3, -0.25) is 9.59 Å². The van der Waals surface area contributed by atoms with Crippen LogP contribution in [0.2, 0.25) is 0 Å². The van der Waals surface area contributed by atoms with Crippen molar-refractivity contribution in [2.24, 2.45) is 11.8 Å². The molecule has 0 aromatic carbocycles. The van der Waals surface area contributed by atoms with Gasteiger partial charge in [-0.25, -0.2) is 4.79 Å². The monoisotopic (exact) mass is 299 g/mol. The number of carbonyl (C=O) groups is 3. The summed E-state index contributed by atoms with van der Waals surface area (Å²) in [6, 6.07) is -1.05. The first-order chi connectivity index (χ1) is 9.93. The largest absolute Gasteiger partial charge is 0.480 e. The summed E-state index contributed by atoms with van der Waals surface area (Å²) < 4.78 is 4.81. The normalized spacial score (nSPS) is 18.0. The molecule has 0 heterocycles. The van der Waals surface area contributed by atoms with Crippen molar-refractivity contribution in [3.8, 4) is 0 Å². The smallest absolute Gasteiger partial charge is 0.326 e. The summed E-state index contributed by atoms with van der Waals surface area (Å²) in [6.07, 6.45) is 4.69. The van der Waals surface area contributed by atoms with E-state index in [1.807, 2.05) is 0 Å². The third kappa shape index (κ3) is 6.14. The minimum Gasteiger partial charge on any atom is -0.480 e. The van der Waals surface area contributed by atoms with E-state index in [0.29, 0.717) is 12.3 Å². The Morgan fingerprint density at radius 3 is 2.43 bits per heavy atom. The third-order valence-electron chi connectivity index (χ3n) is 3.89. The van der Waals surface area contributed by atoms with Crippen molar-refractivity contribution in [3.05, 3.63) is 0 Å². The molecule has 1 aliphatic carbocycles. The lowest BCUT2D eigenvalue weighted by atomic mass is 9.97. The number of hydrogen-bond acceptors (Lipinski definition) is 4. The van der Waals surface area contributed by atoms with Crippen LogP contribution in [0, 0.1) is 11.8 Å². The number of carboxylic acids is 1. The number of amides is 1. The number of hydrogen-bond donors (Lipinski definition) is 2. The van der Waals surface area contributed by atoms with Crippen molar-refractivity contribution in [3.63, 3.8) is 0 Å². The average Bonchev–Trinajstić information content (AvgIpc) is 2.88. The number of aliphatic carboxylic acids is 1. The van der Waals surface area contributed by atoms with Crippen LogP contribution >= 0.6 is 0 Å². The van der Waals surface area contributed by atoms with Crippen molar-refractivity contribution < 1.29 is 24.2 Å². The first-order valence-electron chi connectivity index (χ1n) is 7.61. The van der Waals surface area contributed by atoms with Gasteiger partial charge in [-0.1, -0.05) is 19.8 Å². The van der Waals surface area contributed by atoms with Gasteiger partial charge in [0.25, 0.3) is 0 Å². The Hall–Kier alpha value is -1.59. The molecule has 6 heteroatoms. The third-order valence-corrected chi connectivity index (χ3v) is 3.89. The Kier molecular flexibility index (Phi) is 7.19. The van der Waals surface area contributed by atoms with Crippen LogP contribution in [0.1, 0.15) is 52.4 Å². The van der Waals surface area contributed by atoms with Crippen LogP contribution in [0.15, 0.2) is 0 Å². The molecule has 2 atom stereocenters. The molecule has 0 unspecified atom stereocenters. The lowest BCUT2D eigenvalue weighted by Crippen LogP contribution is -2.46. The van der Waals surface area contributed by atoms with Gasteiger partial charge in [0, 0.05) is 6.42 Å². The van der Waals surface area contributed by atoms with Crippen LogP contribution in [0.5, 0.6) is 0 Å². The molecule has 1 amide bonds. The fourth-order valence-electron chi connectivity index (χ4n) is 2.76. The quantitative estimate of drug-likeness (QED) is 0.666. The molecule has 0 aliphatic heterocycles. The number of carbonyl (C=O) groups excluding carboxylic acids is 2. The van der Waals surface area contributed by atoms with Crippen LogP contribution in [0.3, 0.4) is 0 Å². The summed E-state index contributed by atoms with van der Waals surface area (Å²) in [6.45, 7) is 3.59. The van der Waals surface area contributed by atoms with Gasteiger partial charge in [-0.15, -0.1) is 0 Å². The van der Waals surface area contributed by atoms with E-state index in [9.17, 15) is 19.5 Å². The topological polar surface area (TPSA) is 92.7 Å². The molecule has 0 aromatic rings. The molecule has 0 bridgehead atoms. The molecule has 0 radical (unpaired) electrons. The molecular weight excluding hydrogens is 274 g/mol. The van der Waals surface area contributed by atoms with Gasteiger partial charge in [0.15, 0.2) is 0 Å². The second-order valence-electron chi connectivity index (χ2n) is 5.72. The minimum absolute atomic E-state index is 0.0193. The van der Waals surface area contributed by atoms with E-state index in [0.717, 1.165) is 25.7 Å². The zero-order chi connectivity index (χ0) is 15.8. The highest BCUT2D eigenvalue weighted by Gasteiger charge is 2.29. The van der Waals surface area contributed by atoms with Gasteiger partial charge in [0.05, 0.1) is 13.0 Å². The number of nitrogens with one attached hydrogen (secondary N) is 1. The first kappa shape index (κ1) is 17.5. The molecule has 0 aromatic heterocycles. The van der Waals surface area contributed by atoms with E-state index in [4.69, 9.17) is 4.74 Å². The zero-order valence-corrected chi connectivity index (χ0v) is 12.8. The number of esters is 1. The highest BCUT2D eigenvalue weighted by atomic mass is 16.5. The van der Waals surface area contributed by atoms with Gasteiger partial charge in [0.1, 0.15) is 6.04 Å². The maximum atomic E-state index is 11.9. The van der Waals surface area contributed by atoms with E-state index in [1.165, 1.54) is 0 Å². The van der Waals surface area contributed by atoms with Gasteiger partial charge in [0.2, 0.25) is 5.91 Å². The Labute approximate surface area is 125 Å². The lowest BCUT2D eigenvalue weighted by molar-refractivity contribution is -0.147. The highest BCUT2D eigenvalue weighted by molar-refractivity contribution is 5.84. The maximum Gasteiger partial charge on any atom is 0.326 e. The van der Waals surface area contributed by atoms with Crippen LogP contribution in [0.4, 0.5) is 0 Å². The molecule has 0 saturated heterocycles. The van der Waals surface area contributed by atoms with Gasteiger partial charge < -0.3 is 15.2 Å². The summed E-state index contributed by atoms with van der Waals surface area (Å²) in [5, 5.41) is 11.8. The Morgan fingerprint density at radius 1 is 1.29 bits per heavy atom. The molecule has 2 N–H and O–H groups in total. The van der Waals surface area contributed by atoms with Crippen molar-refractivity contribution in [2.45, 2.75) is 58.4 Å². The second kappa shape index (κ2) is 8.64. The Morgan fingerprint density at radius 2 is 1.90 bits per heavy atom. The summed E-state index contributed by atoms with van der Waals surface area (Å²) >= 11 is 0. The Bertz CT molecular complexity index is 376. The van der Waals surface area contributed by atoms with Crippen LogP contribution < -0.4 is 5.32 Å². The highest BCUT2D eigenvalue weighted by Crippen LogP contribution is 2.27. The average molecular weight is 299 g/mol. The molecule has 120 valence electrons. The summed E-state index contributed by atoms with van der Waals surface area (Å²) in [5.74, 6) is -1.95. The van der Waals surface area contributed by atoms with Crippen molar-refractivity contribution in [1.82, 2.24) is 5.32 Å². The number of ether oxygens (including phenoxy) is 1. The fourth-order valence-corrected chi connectivity index (χ4v) is 2.76. The second-order valence-corrected chi connectivity index (χ2v) is 5.72. The molecule has 0 spiro atoms. The standard InChI is InChI=1S/C15H25NO5/c1-3-21-13(18)8-10(2)14(15(19)20)16-12(17)9-11-6-4-5-7-11/h10-11,14H,3-9H2,1-2H3,(H,16,17)(H,19,20)/t10-,14+/m0/s1. The predicted octanol–water partition coefficient (Wildman–Crippen LogP) is 1.73. The number of rotatable bonds is 8. The zero-order valence-electron chi connectivity index (χ0n) is 12.8. The van der Waals surface area contributed by atoms with Gasteiger partial charge in [-0.05, 0) is 31.6 Å². The SMILES string of the molecule is CCOC(=O)C[C@H](C)[C@@H](NC(=O)CC1CCCC1)C(=O)O. The molecule has 1 fully saturated rings. The van der Waals surface area contributed by atoms with Gasteiger partial charge in [-0.2, -0.15) is 0 Å². The molecule has 21 heavy (non-hydrogen) atoms. The van der Waals surface area contributed by atoms with E-state index in [-0.39, 0.29) is 18.9 Å². The van der Waals surface area contributed by atoms with E-state index >= 15 is 0 Å². The van der Waals surface area contributed by atoms with E-state index < -0.39 is 23.9 Å². The Balaban J connectivity index is 2.49. The summed E-state index contributed by atoms with van der Waals surface area (Å²) in [5.41, 5.74) is 0.